The molecule has 0 amide bonds. The van der Waals surface area contributed by atoms with E-state index in [1.165, 1.54) is 6.07 Å². The van der Waals surface area contributed by atoms with E-state index in [0.29, 0.717) is 18.7 Å². The second kappa shape index (κ2) is 5.08. The van der Waals surface area contributed by atoms with Crippen LogP contribution in [0.25, 0.3) is 0 Å². The van der Waals surface area contributed by atoms with Crippen LogP contribution in [0.2, 0.25) is 0 Å². The van der Waals surface area contributed by atoms with Gasteiger partial charge >= 0.3 is 0 Å². The molecule has 2 nitrogen and oxygen atoms in total. The molecule has 0 saturated heterocycles. The molecule has 2 N–H and O–H groups in total. The highest BCUT2D eigenvalue weighted by Crippen LogP contribution is 2.08. The maximum atomic E-state index is 12.9. The van der Waals surface area contributed by atoms with Crippen LogP contribution < -0.4 is 5.32 Å². The van der Waals surface area contributed by atoms with Crippen molar-refractivity contribution in [2.45, 2.75) is 26.5 Å². The van der Waals surface area contributed by atoms with Crippen LogP contribution in [0.1, 0.15) is 18.1 Å². The Hall–Kier alpha value is -0.930. The van der Waals surface area contributed by atoms with Crippen LogP contribution in [0, 0.1) is 12.7 Å². The van der Waals surface area contributed by atoms with Crippen LogP contribution in [0.5, 0.6) is 0 Å². The summed E-state index contributed by atoms with van der Waals surface area (Å²) in [6, 6.07) is 5.02. The molecular formula is C11H16FNO. The van der Waals surface area contributed by atoms with Crippen LogP contribution in [0.15, 0.2) is 18.2 Å². The van der Waals surface area contributed by atoms with Crippen molar-refractivity contribution in [3.63, 3.8) is 0 Å². The van der Waals surface area contributed by atoms with Crippen molar-refractivity contribution in [2.75, 3.05) is 6.54 Å². The van der Waals surface area contributed by atoms with Crippen molar-refractivity contribution in [2.24, 2.45) is 0 Å². The van der Waals surface area contributed by atoms with E-state index in [-0.39, 0.29) is 11.9 Å². The summed E-state index contributed by atoms with van der Waals surface area (Å²) in [5.41, 5.74) is 1.69. The second-order valence-corrected chi connectivity index (χ2v) is 3.56. The minimum Gasteiger partial charge on any atom is -0.392 e. The molecule has 3 heteroatoms. The van der Waals surface area contributed by atoms with Gasteiger partial charge in [-0.15, -0.1) is 0 Å². The standard InChI is InChI=1S/C11H16FNO/c1-8-5-10(3-4-11(8)12)7-13-6-9(2)14/h3-5,9,13-14H,6-7H2,1-2H3. The SMILES string of the molecule is Cc1cc(CNCC(C)O)ccc1F. The normalized spacial score (nSPS) is 12.9. The summed E-state index contributed by atoms with van der Waals surface area (Å²) in [6.45, 7) is 4.68. The number of hydrogen-bond acceptors (Lipinski definition) is 2. The van der Waals surface area contributed by atoms with Gasteiger partial charge in [-0.05, 0) is 31.0 Å². The maximum absolute atomic E-state index is 12.9. The van der Waals surface area contributed by atoms with Crippen molar-refractivity contribution in [3.05, 3.63) is 35.1 Å². The summed E-state index contributed by atoms with van der Waals surface area (Å²) in [6.07, 6.45) is -0.350. The fourth-order valence-electron chi connectivity index (χ4n) is 1.24. The molecule has 1 rings (SSSR count). The Balaban J connectivity index is 2.47. The molecule has 1 atom stereocenters. The quantitative estimate of drug-likeness (QED) is 0.768. The first-order chi connectivity index (χ1) is 6.59. The summed E-state index contributed by atoms with van der Waals surface area (Å²) in [7, 11) is 0. The first kappa shape index (κ1) is 11.1. The van der Waals surface area contributed by atoms with Gasteiger partial charge in [0, 0.05) is 13.1 Å². The highest BCUT2D eigenvalue weighted by molar-refractivity contribution is 5.23. The van der Waals surface area contributed by atoms with Gasteiger partial charge in [0.1, 0.15) is 5.82 Å². The van der Waals surface area contributed by atoms with Crippen LogP contribution in [-0.2, 0) is 6.54 Å². The molecule has 78 valence electrons. The summed E-state index contributed by atoms with van der Waals surface area (Å²) in [5.74, 6) is -0.177. The largest absolute Gasteiger partial charge is 0.392 e. The van der Waals surface area contributed by atoms with E-state index in [1.54, 1.807) is 19.9 Å². The van der Waals surface area contributed by atoms with Crippen LogP contribution in [0.3, 0.4) is 0 Å². The molecule has 0 saturated carbocycles. The first-order valence-electron chi connectivity index (χ1n) is 4.73. The Morgan fingerprint density at radius 2 is 2.21 bits per heavy atom. The smallest absolute Gasteiger partial charge is 0.126 e. The number of aliphatic hydroxyl groups excluding tert-OH is 1. The molecule has 1 unspecified atom stereocenters. The highest BCUT2D eigenvalue weighted by atomic mass is 19.1. The van der Waals surface area contributed by atoms with Crippen molar-refractivity contribution in [3.8, 4) is 0 Å². The molecule has 0 aromatic heterocycles. The van der Waals surface area contributed by atoms with Gasteiger partial charge in [0.15, 0.2) is 0 Å². The van der Waals surface area contributed by atoms with Crippen molar-refractivity contribution >= 4 is 0 Å². The third-order valence-corrected chi connectivity index (χ3v) is 1.99. The Bertz CT molecular complexity index is 299. The van der Waals surface area contributed by atoms with Crippen LogP contribution >= 0.6 is 0 Å². The van der Waals surface area contributed by atoms with Gasteiger partial charge in [0.05, 0.1) is 6.10 Å². The first-order valence-corrected chi connectivity index (χ1v) is 4.73. The van der Waals surface area contributed by atoms with Gasteiger partial charge in [-0.1, -0.05) is 12.1 Å². The predicted molar refractivity (Wildman–Crippen MR) is 54.5 cm³/mol. The number of rotatable bonds is 4. The van der Waals surface area contributed by atoms with E-state index in [9.17, 15) is 4.39 Å². The number of aryl methyl sites for hydroxylation is 1. The predicted octanol–water partition coefficient (Wildman–Crippen LogP) is 1.60. The lowest BCUT2D eigenvalue weighted by molar-refractivity contribution is 0.191. The molecule has 0 bridgehead atoms. The summed E-state index contributed by atoms with van der Waals surface area (Å²) >= 11 is 0. The summed E-state index contributed by atoms with van der Waals surface area (Å²) in [4.78, 5) is 0. The van der Waals surface area contributed by atoms with Crippen molar-refractivity contribution < 1.29 is 9.50 Å². The Kier molecular flexibility index (Phi) is 4.04. The monoisotopic (exact) mass is 197 g/mol. The molecule has 0 aliphatic carbocycles. The van der Waals surface area contributed by atoms with Gasteiger partial charge in [-0.3, -0.25) is 0 Å². The number of halogens is 1. The van der Waals surface area contributed by atoms with E-state index in [1.807, 2.05) is 6.07 Å². The number of hydrogen-bond donors (Lipinski definition) is 2. The van der Waals surface area contributed by atoms with Crippen molar-refractivity contribution in [1.29, 1.82) is 0 Å². The lowest BCUT2D eigenvalue weighted by Crippen LogP contribution is -2.23. The Morgan fingerprint density at radius 3 is 2.79 bits per heavy atom. The van der Waals surface area contributed by atoms with Gasteiger partial charge < -0.3 is 10.4 Å². The molecule has 0 heterocycles. The van der Waals surface area contributed by atoms with Crippen LogP contribution in [-0.4, -0.2) is 17.8 Å². The van der Waals surface area contributed by atoms with E-state index >= 15 is 0 Å². The Labute approximate surface area is 83.8 Å². The van der Waals surface area contributed by atoms with Gasteiger partial charge in [-0.25, -0.2) is 4.39 Å². The van der Waals surface area contributed by atoms with E-state index in [4.69, 9.17) is 5.11 Å². The van der Waals surface area contributed by atoms with Crippen LogP contribution in [0.4, 0.5) is 4.39 Å². The average molecular weight is 197 g/mol. The number of aliphatic hydroxyl groups is 1. The molecule has 0 fully saturated rings. The molecule has 0 aliphatic rings. The lowest BCUT2D eigenvalue weighted by Gasteiger charge is -2.07. The zero-order chi connectivity index (χ0) is 10.6. The third kappa shape index (κ3) is 3.44. The molecule has 1 aromatic carbocycles. The number of nitrogens with one attached hydrogen (secondary N) is 1. The van der Waals surface area contributed by atoms with E-state index in [2.05, 4.69) is 5.32 Å². The molecule has 0 radical (unpaired) electrons. The molecule has 1 aromatic rings. The summed E-state index contributed by atoms with van der Waals surface area (Å²) < 4.78 is 12.9. The zero-order valence-electron chi connectivity index (χ0n) is 8.55. The third-order valence-electron chi connectivity index (χ3n) is 1.99. The average Bonchev–Trinajstić information content (AvgIpc) is 2.10. The van der Waals surface area contributed by atoms with E-state index < -0.39 is 0 Å². The number of benzene rings is 1. The molecule has 0 spiro atoms. The minimum atomic E-state index is -0.350. The topological polar surface area (TPSA) is 32.3 Å². The second-order valence-electron chi connectivity index (χ2n) is 3.56. The zero-order valence-corrected chi connectivity index (χ0v) is 8.55. The molecular weight excluding hydrogens is 181 g/mol. The minimum absolute atomic E-state index is 0.177. The van der Waals surface area contributed by atoms with E-state index in [0.717, 1.165) is 5.56 Å². The summed E-state index contributed by atoms with van der Waals surface area (Å²) in [5, 5.41) is 12.1. The van der Waals surface area contributed by atoms with Gasteiger partial charge in [-0.2, -0.15) is 0 Å². The van der Waals surface area contributed by atoms with Crippen molar-refractivity contribution in [1.82, 2.24) is 5.32 Å². The highest BCUT2D eigenvalue weighted by Gasteiger charge is 1.99. The van der Waals surface area contributed by atoms with Gasteiger partial charge in [0.2, 0.25) is 0 Å². The lowest BCUT2D eigenvalue weighted by atomic mass is 10.1. The fourth-order valence-corrected chi connectivity index (χ4v) is 1.24. The molecule has 14 heavy (non-hydrogen) atoms. The van der Waals surface area contributed by atoms with Gasteiger partial charge in [0.25, 0.3) is 0 Å². The Morgan fingerprint density at radius 1 is 1.50 bits per heavy atom. The fraction of sp³-hybridized carbons (Fsp3) is 0.455. The molecule has 0 aliphatic heterocycles. The maximum Gasteiger partial charge on any atom is 0.126 e.